The van der Waals surface area contributed by atoms with Crippen LogP contribution in [0.4, 0.5) is 0 Å². The van der Waals surface area contributed by atoms with Crippen molar-refractivity contribution in [1.82, 2.24) is 10.6 Å². The Bertz CT molecular complexity index is 600. The Morgan fingerprint density at radius 3 is 2.21 bits per heavy atom. The van der Waals surface area contributed by atoms with Gasteiger partial charge >= 0.3 is 0 Å². The standard InChI is InChI=1S/C16H26N2O10/c1-6(21)17-8-3-9(10(4-19)26-15(8)25)27-16-12(18-7(2)22)14(24)13(23)11(5-20)28-16/h3,9-16,19-20,23-25H,4-5H2,1-2H3,(H,17,21)(H,18,22)/t9-,10+,11+,12+,13+,14+,15?,16+/m0/s1. The van der Waals surface area contributed by atoms with E-state index in [9.17, 15) is 35.1 Å². The molecule has 12 heteroatoms. The predicted octanol–water partition coefficient (Wildman–Crippen LogP) is -3.96. The number of nitrogens with one attached hydrogen (secondary N) is 2. The summed E-state index contributed by atoms with van der Waals surface area (Å²) in [7, 11) is 0. The lowest BCUT2D eigenvalue weighted by Gasteiger charge is -2.44. The molecule has 1 saturated heterocycles. The second kappa shape index (κ2) is 9.71. The van der Waals surface area contributed by atoms with Crippen LogP contribution in [-0.4, -0.2) is 99.7 Å². The molecule has 2 rings (SSSR count). The summed E-state index contributed by atoms with van der Waals surface area (Å²) in [6.07, 6.45) is -7.83. The summed E-state index contributed by atoms with van der Waals surface area (Å²) >= 11 is 0. The van der Waals surface area contributed by atoms with Gasteiger partial charge in [0, 0.05) is 13.8 Å². The van der Waals surface area contributed by atoms with Crippen molar-refractivity contribution < 1.29 is 49.3 Å². The van der Waals surface area contributed by atoms with E-state index in [1.54, 1.807) is 0 Å². The number of carbonyl (C=O) groups excluding carboxylic acids is 2. The Kier molecular flexibility index (Phi) is 7.86. The molecule has 0 saturated carbocycles. The lowest BCUT2D eigenvalue weighted by atomic mass is 9.96. The zero-order chi connectivity index (χ0) is 21.0. The molecule has 2 aliphatic heterocycles. The van der Waals surface area contributed by atoms with E-state index in [-0.39, 0.29) is 5.70 Å². The summed E-state index contributed by atoms with van der Waals surface area (Å²) in [6, 6.07) is -1.20. The number of ether oxygens (including phenoxy) is 3. The van der Waals surface area contributed by atoms with E-state index in [2.05, 4.69) is 10.6 Å². The molecule has 0 aromatic carbocycles. The molecular weight excluding hydrogens is 380 g/mol. The Hall–Kier alpha value is -1.64. The second-order valence-electron chi connectivity index (χ2n) is 6.55. The average molecular weight is 406 g/mol. The maximum Gasteiger partial charge on any atom is 0.221 e. The lowest BCUT2D eigenvalue weighted by Crippen LogP contribution is -2.65. The van der Waals surface area contributed by atoms with Gasteiger partial charge in [-0.05, 0) is 6.08 Å². The van der Waals surface area contributed by atoms with Gasteiger partial charge in [-0.15, -0.1) is 0 Å². The molecule has 0 aromatic heterocycles. The molecule has 2 aliphatic rings. The van der Waals surface area contributed by atoms with Crippen molar-refractivity contribution in [3.05, 3.63) is 11.8 Å². The SMILES string of the molecule is CC(=O)NC1=C[C@H](O[C@@H]2O[C@H](CO)[C@@H](O)[C@H](O)[C@H]2NC(C)=O)[C@@H](CO)OC1O. The van der Waals surface area contributed by atoms with Crippen LogP contribution in [0.1, 0.15) is 13.8 Å². The first-order valence-electron chi connectivity index (χ1n) is 8.66. The summed E-state index contributed by atoms with van der Waals surface area (Å²) in [5.74, 6) is -1.00. The molecule has 8 atom stereocenters. The van der Waals surface area contributed by atoms with Crippen LogP contribution in [0.25, 0.3) is 0 Å². The van der Waals surface area contributed by atoms with Gasteiger partial charge in [0.25, 0.3) is 0 Å². The number of aliphatic hydroxyl groups is 5. The van der Waals surface area contributed by atoms with Crippen LogP contribution in [0.15, 0.2) is 11.8 Å². The van der Waals surface area contributed by atoms with Crippen LogP contribution in [-0.2, 0) is 23.8 Å². The number of hydrogen-bond acceptors (Lipinski definition) is 10. The molecule has 160 valence electrons. The maximum atomic E-state index is 11.5. The highest BCUT2D eigenvalue weighted by atomic mass is 16.7. The molecule has 1 fully saturated rings. The zero-order valence-electron chi connectivity index (χ0n) is 15.4. The summed E-state index contributed by atoms with van der Waals surface area (Å²) in [4.78, 5) is 22.7. The first-order chi connectivity index (χ1) is 13.2. The summed E-state index contributed by atoms with van der Waals surface area (Å²) in [5.41, 5.74) is -0.0200. The predicted molar refractivity (Wildman–Crippen MR) is 90.1 cm³/mol. The van der Waals surface area contributed by atoms with E-state index in [0.29, 0.717) is 0 Å². The fourth-order valence-corrected chi connectivity index (χ4v) is 3.00. The van der Waals surface area contributed by atoms with Gasteiger partial charge in [-0.1, -0.05) is 0 Å². The summed E-state index contributed by atoms with van der Waals surface area (Å²) < 4.78 is 16.4. The molecule has 2 heterocycles. The zero-order valence-corrected chi connectivity index (χ0v) is 15.4. The Balaban J connectivity index is 2.26. The summed E-state index contributed by atoms with van der Waals surface area (Å²) in [5, 5.41) is 53.9. The fraction of sp³-hybridized carbons (Fsp3) is 0.750. The Morgan fingerprint density at radius 1 is 1.04 bits per heavy atom. The van der Waals surface area contributed by atoms with Gasteiger partial charge < -0.3 is 50.4 Å². The number of amides is 2. The monoisotopic (exact) mass is 406 g/mol. The maximum absolute atomic E-state index is 11.5. The van der Waals surface area contributed by atoms with Gasteiger partial charge in [-0.25, -0.2) is 0 Å². The third kappa shape index (κ3) is 5.24. The number of rotatable bonds is 6. The molecule has 7 N–H and O–H groups in total. The van der Waals surface area contributed by atoms with Crippen LogP contribution in [0.5, 0.6) is 0 Å². The molecule has 12 nitrogen and oxygen atoms in total. The first-order valence-corrected chi connectivity index (χ1v) is 8.66. The van der Waals surface area contributed by atoms with Crippen molar-refractivity contribution in [1.29, 1.82) is 0 Å². The fourth-order valence-electron chi connectivity index (χ4n) is 3.00. The third-order valence-electron chi connectivity index (χ3n) is 4.32. The molecule has 1 unspecified atom stereocenters. The van der Waals surface area contributed by atoms with Gasteiger partial charge in [-0.2, -0.15) is 0 Å². The van der Waals surface area contributed by atoms with Crippen molar-refractivity contribution in [2.75, 3.05) is 13.2 Å². The first kappa shape index (κ1) is 22.6. The van der Waals surface area contributed by atoms with E-state index in [1.165, 1.54) is 19.9 Å². The van der Waals surface area contributed by atoms with Crippen molar-refractivity contribution in [3.8, 4) is 0 Å². The number of hydrogen-bond donors (Lipinski definition) is 7. The van der Waals surface area contributed by atoms with Gasteiger partial charge in [0.05, 0.1) is 18.9 Å². The van der Waals surface area contributed by atoms with Crippen LogP contribution < -0.4 is 10.6 Å². The third-order valence-corrected chi connectivity index (χ3v) is 4.32. The molecule has 0 radical (unpaired) electrons. The lowest BCUT2D eigenvalue weighted by molar-refractivity contribution is -0.293. The van der Waals surface area contributed by atoms with E-state index in [0.717, 1.165) is 0 Å². The minimum absolute atomic E-state index is 0.0200. The number of aliphatic hydroxyl groups excluding tert-OH is 5. The van der Waals surface area contributed by atoms with Gasteiger partial charge in [-0.3, -0.25) is 9.59 Å². The van der Waals surface area contributed by atoms with Gasteiger partial charge in [0.2, 0.25) is 11.8 Å². The van der Waals surface area contributed by atoms with Crippen LogP contribution in [0.3, 0.4) is 0 Å². The van der Waals surface area contributed by atoms with Crippen molar-refractivity contribution in [2.45, 2.75) is 63.0 Å². The highest BCUT2D eigenvalue weighted by molar-refractivity contribution is 5.75. The minimum Gasteiger partial charge on any atom is -0.394 e. The molecule has 28 heavy (non-hydrogen) atoms. The minimum atomic E-state index is -1.51. The van der Waals surface area contributed by atoms with Crippen LogP contribution in [0.2, 0.25) is 0 Å². The number of carbonyl (C=O) groups is 2. The normalized spacial score (nSPS) is 38.5. The topological polar surface area (TPSA) is 187 Å². The van der Waals surface area contributed by atoms with E-state index >= 15 is 0 Å². The molecule has 0 bridgehead atoms. The van der Waals surface area contributed by atoms with Crippen LogP contribution >= 0.6 is 0 Å². The van der Waals surface area contributed by atoms with E-state index < -0.39 is 74.2 Å². The molecule has 0 aliphatic carbocycles. The highest BCUT2D eigenvalue weighted by Crippen LogP contribution is 2.27. The second-order valence-corrected chi connectivity index (χ2v) is 6.55. The highest BCUT2D eigenvalue weighted by Gasteiger charge is 2.47. The van der Waals surface area contributed by atoms with Crippen LogP contribution in [0, 0.1) is 0 Å². The molecular formula is C16H26N2O10. The Labute approximate surface area is 160 Å². The van der Waals surface area contributed by atoms with Gasteiger partial charge in [0.15, 0.2) is 12.6 Å². The average Bonchev–Trinajstić information content (AvgIpc) is 2.62. The van der Waals surface area contributed by atoms with Crippen molar-refractivity contribution in [3.63, 3.8) is 0 Å². The molecule has 0 spiro atoms. The molecule has 0 aromatic rings. The Morgan fingerprint density at radius 2 is 1.68 bits per heavy atom. The van der Waals surface area contributed by atoms with Gasteiger partial charge in [0.1, 0.15) is 36.6 Å². The van der Waals surface area contributed by atoms with Crippen molar-refractivity contribution in [2.24, 2.45) is 0 Å². The largest absolute Gasteiger partial charge is 0.394 e. The smallest absolute Gasteiger partial charge is 0.221 e. The molecule has 2 amide bonds. The van der Waals surface area contributed by atoms with E-state index in [4.69, 9.17) is 14.2 Å². The summed E-state index contributed by atoms with van der Waals surface area (Å²) in [6.45, 7) is 1.24. The quantitative estimate of drug-likeness (QED) is 0.229. The van der Waals surface area contributed by atoms with E-state index in [1.807, 2.05) is 0 Å². The van der Waals surface area contributed by atoms with Crippen molar-refractivity contribution >= 4 is 11.8 Å².